The first-order chi connectivity index (χ1) is 20.5. The van der Waals surface area contributed by atoms with Crippen molar-refractivity contribution in [3.05, 3.63) is 0 Å². The smallest absolute Gasteiger partial charge is 0.324 e. The zero-order valence-corrected chi connectivity index (χ0v) is 29.9. The normalized spacial score (nSPS) is 40.0. The van der Waals surface area contributed by atoms with Crippen LogP contribution in [0.1, 0.15) is 91.4 Å². The van der Waals surface area contributed by atoms with Crippen LogP contribution in [0.5, 0.6) is 0 Å². The molecule has 0 heterocycles. The Hall–Kier alpha value is 0.160. The van der Waals surface area contributed by atoms with Gasteiger partial charge in [-0.1, -0.05) is 20.8 Å². The molecule has 4 saturated carbocycles. The van der Waals surface area contributed by atoms with Crippen molar-refractivity contribution in [3.63, 3.8) is 0 Å². The van der Waals surface area contributed by atoms with E-state index in [0.717, 1.165) is 51.4 Å². The molecule has 0 radical (unpaired) electrons. The minimum atomic E-state index is -3.48. The molecule has 0 spiro atoms. The number of esters is 1. The molecule has 12 atom stereocenters. The van der Waals surface area contributed by atoms with E-state index in [0.29, 0.717) is 30.1 Å². The predicted molar refractivity (Wildman–Crippen MR) is 174 cm³/mol. The van der Waals surface area contributed by atoms with Crippen LogP contribution >= 0.6 is 13.2 Å². The monoisotopic (exact) mass is 698 g/mol. The van der Waals surface area contributed by atoms with Crippen LogP contribution in [0.2, 0.25) is 0 Å². The summed E-state index contributed by atoms with van der Waals surface area (Å²) in [7, 11) is 1.18. The number of aliphatic hydroxyl groups excluding tert-OH is 2. The zero-order chi connectivity index (χ0) is 32.5. The van der Waals surface area contributed by atoms with E-state index in [-0.39, 0.29) is 66.7 Å². The summed E-state index contributed by atoms with van der Waals surface area (Å²) >= 11 is 9.62. The average molecular weight is 699 g/mol. The maximum atomic E-state index is 12.9. The minimum Gasteiger partial charge on any atom is -0.465 e. The molecule has 0 bridgehead atoms. The maximum absolute atomic E-state index is 12.9. The van der Waals surface area contributed by atoms with Gasteiger partial charge in [0.05, 0.1) is 31.8 Å². The Balaban J connectivity index is 1.21. The highest BCUT2D eigenvalue weighted by Gasteiger charge is 2.62. The summed E-state index contributed by atoms with van der Waals surface area (Å²) in [5, 5.41) is 21.6. The van der Waals surface area contributed by atoms with Crippen molar-refractivity contribution in [2.45, 2.75) is 104 Å². The van der Waals surface area contributed by atoms with Gasteiger partial charge in [0.2, 0.25) is 6.49 Å². The van der Waals surface area contributed by atoms with Gasteiger partial charge in [0.25, 0.3) is 0 Å². The maximum Gasteiger partial charge on any atom is 0.324 e. The molecule has 44 heavy (non-hydrogen) atoms. The number of aliphatic hydroxyl groups is 2. The molecule has 14 heteroatoms. The lowest BCUT2D eigenvalue weighted by Gasteiger charge is -2.62. The Morgan fingerprint density at radius 1 is 0.909 bits per heavy atom. The number of hydrogen-bond donors (Lipinski definition) is 4. The fourth-order valence-electron chi connectivity index (χ4n) is 9.72. The number of ether oxygens (including phenoxy) is 1. The lowest BCUT2D eigenvalue weighted by molar-refractivity contribution is -0.172. The molecule has 0 saturated heterocycles. The molecule has 4 N–H and O–H groups in total. The van der Waals surface area contributed by atoms with E-state index >= 15 is 0 Å². The Morgan fingerprint density at radius 3 is 2.30 bits per heavy atom. The van der Waals surface area contributed by atoms with E-state index in [2.05, 4.69) is 37.1 Å². The lowest BCUT2D eigenvalue weighted by Crippen LogP contribution is -2.58. The Labute approximate surface area is 272 Å². The summed E-state index contributed by atoms with van der Waals surface area (Å²) in [6.45, 7) is -0.104. The number of ketones is 1. The van der Waals surface area contributed by atoms with Gasteiger partial charge in [0.1, 0.15) is 12.1 Å². The van der Waals surface area contributed by atoms with Crippen LogP contribution < -0.4 is 0 Å². The van der Waals surface area contributed by atoms with Crippen LogP contribution in [0.25, 0.3) is 0 Å². The molecular formula is C30H52O10P2S2. The molecule has 0 aliphatic heterocycles. The lowest BCUT2D eigenvalue weighted by atomic mass is 9.44. The number of Topliss-reactive ketones (excluding diaryl/α,β-unsaturated/α-hetero) is 1. The molecule has 4 aliphatic carbocycles. The van der Waals surface area contributed by atoms with Crippen LogP contribution in [0.4, 0.5) is 0 Å². The second-order valence-corrected chi connectivity index (χ2v) is 20.7. The van der Waals surface area contributed by atoms with Gasteiger partial charge in [-0.3, -0.25) is 14.1 Å². The molecule has 254 valence electrons. The molecular weight excluding hydrogens is 646 g/mol. The first kappa shape index (κ1) is 37.0. The van der Waals surface area contributed by atoms with E-state index in [9.17, 15) is 29.6 Å². The minimum absolute atomic E-state index is 0.0112. The Kier molecular flexibility index (Phi) is 12.4. The van der Waals surface area contributed by atoms with Gasteiger partial charge in [-0.25, -0.2) is 0 Å². The fraction of sp³-hybridized carbons (Fsp3) is 0.933. The van der Waals surface area contributed by atoms with Gasteiger partial charge in [-0.2, -0.15) is 0 Å². The summed E-state index contributed by atoms with van der Waals surface area (Å²) in [5.74, 6) is 2.02. The number of carbonyl (C=O) groups excluding carboxylic acids is 2. The molecule has 0 amide bonds. The highest BCUT2D eigenvalue weighted by Crippen LogP contribution is 2.68. The number of rotatable bonds is 14. The van der Waals surface area contributed by atoms with E-state index in [1.54, 1.807) is 0 Å². The van der Waals surface area contributed by atoms with Crippen LogP contribution in [0.3, 0.4) is 0 Å². The number of carbonyl (C=O) groups is 2. The van der Waals surface area contributed by atoms with Crippen molar-refractivity contribution >= 4 is 48.6 Å². The van der Waals surface area contributed by atoms with E-state index in [1.807, 2.05) is 0 Å². The first-order valence-electron chi connectivity index (χ1n) is 16.0. The fourth-order valence-corrected chi connectivity index (χ4v) is 12.5. The van der Waals surface area contributed by atoms with Gasteiger partial charge >= 0.3 is 12.7 Å². The van der Waals surface area contributed by atoms with Crippen molar-refractivity contribution in [2.75, 3.05) is 26.7 Å². The largest absolute Gasteiger partial charge is 0.465 e. The number of hydrogen-bond acceptors (Lipinski definition) is 10. The van der Waals surface area contributed by atoms with Crippen molar-refractivity contribution in [1.29, 1.82) is 0 Å². The van der Waals surface area contributed by atoms with Gasteiger partial charge in [0, 0.05) is 20.0 Å². The second-order valence-electron chi connectivity index (χ2n) is 14.3. The van der Waals surface area contributed by atoms with Crippen molar-refractivity contribution in [2.24, 2.45) is 46.3 Å². The molecule has 4 rings (SSSR count). The summed E-state index contributed by atoms with van der Waals surface area (Å²) < 4.78 is 19.9. The van der Waals surface area contributed by atoms with Gasteiger partial charge in [0.15, 0.2) is 0 Å². The standard InChI is InChI=1S/C30H52O10P2S2/c1-19(15-21(32)9-13-38-28(34)10-14-39-41(35,43)18-40-42(36,44)37-4)23-5-6-24-22-17-27(33)26-16-20(31)7-11-30(26,3)25(22)8-12-29(23,24)2/h19-20,22-27,31,33H,5-18H2,1-4H3,(H,35,43)(H,36,44)/t19-,20-,22?,23?,24?,25?,26?,27+,29-,30-,41?,42?/m1/s1. The highest BCUT2D eigenvalue weighted by atomic mass is 32.5. The molecule has 0 aromatic carbocycles. The summed E-state index contributed by atoms with van der Waals surface area (Å²) in [6.07, 6.45) is 7.26. The second kappa shape index (κ2) is 14.7. The SMILES string of the molecule is COP(O)(=S)OCP(O)(=S)OCCC(=O)OCCC(=O)C[C@@H](C)C1CCC2C3C[C@H](O)C4C[C@H](O)CC[C@]4(C)C3CC[C@@]21C. The van der Waals surface area contributed by atoms with Crippen molar-refractivity contribution in [1.82, 2.24) is 0 Å². The van der Waals surface area contributed by atoms with Crippen LogP contribution in [0, 0.1) is 46.3 Å². The molecule has 10 nitrogen and oxygen atoms in total. The molecule has 0 aromatic rings. The summed E-state index contributed by atoms with van der Waals surface area (Å²) in [6, 6.07) is 0. The summed E-state index contributed by atoms with van der Waals surface area (Å²) in [4.78, 5) is 44.7. The van der Waals surface area contributed by atoms with Crippen LogP contribution in [0.15, 0.2) is 0 Å². The van der Waals surface area contributed by atoms with Gasteiger partial charge in [-0.15, -0.1) is 0 Å². The zero-order valence-electron chi connectivity index (χ0n) is 26.5. The predicted octanol–water partition coefficient (Wildman–Crippen LogP) is 5.05. The summed E-state index contributed by atoms with van der Waals surface area (Å²) in [5.41, 5.74) is 0.248. The molecule has 4 aliphatic rings. The van der Waals surface area contributed by atoms with E-state index in [4.69, 9.17) is 25.6 Å². The molecule has 4 fully saturated rings. The average Bonchev–Trinajstić information content (AvgIpc) is 3.30. The van der Waals surface area contributed by atoms with E-state index < -0.39 is 25.5 Å². The quantitative estimate of drug-likeness (QED) is 0.142. The number of fused-ring (bicyclic) bond motifs is 5. The Bertz CT molecular complexity index is 1140. The van der Waals surface area contributed by atoms with Gasteiger partial charge < -0.3 is 33.8 Å². The Morgan fingerprint density at radius 2 is 1.59 bits per heavy atom. The topological polar surface area (TPSA) is 152 Å². The van der Waals surface area contributed by atoms with Gasteiger partial charge in [-0.05, 0) is 121 Å². The van der Waals surface area contributed by atoms with E-state index in [1.165, 1.54) is 7.11 Å². The van der Waals surface area contributed by atoms with Crippen molar-refractivity contribution < 1.29 is 47.9 Å². The first-order valence-corrected chi connectivity index (χ1v) is 21.5. The van der Waals surface area contributed by atoms with Crippen LogP contribution in [-0.2, 0) is 51.5 Å². The third-order valence-corrected chi connectivity index (χ3v) is 15.4. The third-order valence-electron chi connectivity index (χ3n) is 11.8. The van der Waals surface area contributed by atoms with Crippen LogP contribution in [-0.4, -0.2) is 70.6 Å². The molecule has 0 aromatic heterocycles. The highest BCUT2D eigenvalue weighted by molar-refractivity contribution is 8.10. The third kappa shape index (κ3) is 8.41. The van der Waals surface area contributed by atoms with Crippen molar-refractivity contribution in [3.8, 4) is 0 Å². The molecule has 7 unspecified atom stereocenters.